The molecule has 3 heterocycles. The van der Waals surface area contributed by atoms with Crippen LogP contribution in [0.1, 0.15) is 41.6 Å². The van der Waals surface area contributed by atoms with Crippen molar-refractivity contribution in [3.05, 3.63) is 65.7 Å². The van der Waals surface area contributed by atoms with E-state index in [0.717, 1.165) is 18.4 Å². The van der Waals surface area contributed by atoms with Gasteiger partial charge in [0.25, 0.3) is 5.91 Å². The smallest absolute Gasteiger partial charge is 0.257 e. The molecule has 3 N–H and O–H groups in total. The highest BCUT2D eigenvalue weighted by atomic mass is 19.1. The lowest BCUT2D eigenvalue weighted by Gasteiger charge is -2.16. The van der Waals surface area contributed by atoms with Crippen LogP contribution >= 0.6 is 0 Å². The summed E-state index contributed by atoms with van der Waals surface area (Å²) in [4.78, 5) is 21.6. The Balaban J connectivity index is 1.34. The van der Waals surface area contributed by atoms with E-state index >= 15 is 0 Å². The molecule has 186 valence electrons. The minimum atomic E-state index is -0.403. The zero-order valence-corrected chi connectivity index (χ0v) is 19.9. The van der Waals surface area contributed by atoms with E-state index in [1.165, 1.54) is 32.1 Å². The Hall–Kier alpha value is -4.21. The summed E-state index contributed by atoms with van der Waals surface area (Å²) in [6.45, 7) is 0.684. The van der Waals surface area contributed by atoms with Crippen molar-refractivity contribution in [3.8, 4) is 22.8 Å². The molecule has 1 saturated carbocycles. The molecule has 1 aliphatic rings. The van der Waals surface area contributed by atoms with Gasteiger partial charge in [0.2, 0.25) is 11.8 Å². The lowest BCUT2D eigenvalue weighted by Crippen LogP contribution is -2.24. The van der Waals surface area contributed by atoms with E-state index in [2.05, 4.69) is 20.4 Å². The first kappa shape index (κ1) is 23.5. The molecule has 36 heavy (non-hydrogen) atoms. The monoisotopic (exact) mass is 490 g/mol. The van der Waals surface area contributed by atoms with Crippen LogP contribution in [0.5, 0.6) is 11.6 Å². The van der Waals surface area contributed by atoms with E-state index in [9.17, 15) is 9.18 Å². The fourth-order valence-corrected chi connectivity index (χ4v) is 4.50. The number of nitrogens with zero attached hydrogens (tertiary/aromatic N) is 4. The average Bonchev–Trinajstić information content (AvgIpc) is 3.54. The Kier molecular flexibility index (Phi) is 6.66. The van der Waals surface area contributed by atoms with Gasteiger partial charge in [0.05, 0.1) is 13.7 Å². The molecule has 5 rings (SSSR count). The number of halogens is 1. The molecule has 9 nitrogen and oxygen atoms in total. The number of carbonyl (C=O) groups excluding carboxylic acids is 1. The number of fused-ring (bicyclic) bond motifs is 1. The van der Waals surface area contributed by atoms with Crippen LogP contribution in [0.3, 0.4) is 0 Å². The van der Waals surface area contributed by atoms with E-state index in [1.807, 2.05) is 6.07 Å². The maximum absolute atomic E-state index is 14.0. The summed E-state index contributed by atoms with van der Waals surface area (Å²) in [7, 11) is 1.45. The van der Waals surface area contributed by atoms with Crippen LogP contribution < -0.4 is 20.5 Å². The molecule has 0 radical (unpaired) electrons. The number of carbonyl (C=O) groups is 1. The van der Waals surface area contributed by atoms with Gasteiger partial charge in [-0.15, -0.1) is 5.10 Å². The van der Waals surface area contributed by atoms with Crippen LogP contribution in [0.2, 0.25) is 0 Å². The molecule has 0 aliphatic heterocycles. The number of hydrogen-bond acceptors (Lipinski definition) is 7. The van der Waals surface area contributed by atoms with E-state index in [1.54, 1.807) is 35.1 Å². The summed E-state index contributed by atoms with van der Waals surface area (Å²) in [6, 6.07) is 9.68. The standard InChI is InChI=1S/C26H27FN6O3/c1-35-25-21(11-18(13-30-25)17-8-9-33-23(12-17)31-26(28)32-33)24(34)29-14-19-10-20(27)6-7-22(19)36-15-16-4-2-3-5-16/h6-13,16H,2-5,14-15H2,1H3,(H2,28,32)(H,29,34). The zero-order valence-electron chi connectivity index (χ0n) is 19.9. The molecule has 0 saturated heterocycles. The highest BCUT2D eigenvalue weighted by molar-refractivity contribution is 5.97. The lowest BCUT2D eigenvalue weighted by molar-refractivity contribution is 0.0946. The van der Waals surface area contributed by atoms with Crippen LogP contribution in [0.4, 0.5) is 10.3 Å². The highest BCUT2D eigenvalue weighted by Crippen LogP contribution is 2.28. The van der Waals surface area contributed by atoms with Crippen LogP contribution in [0.15, 0.2) is 48.8 Å². The summed E-state index contributed by atoms with van der Waals surface area (Å²) in [5.74, 6) is 0.649. The quantitative estimate of drug-likeness (QED) is 0.383. The number of nitrogen functional groups attached to an aromatic ring is 1. The van der Waals surface area contributed by atoms with Crippen LogP contribution in [-0.2, 0) is 6.54 Å². The average molecular weight is 491 g/mol. The second kappa shape index (κ2) is 10.2. The minimum absolute atomic E-state index is 0.0922. The van der Waals surface area contributed by atoms with Gasteiger partial charge in [-0.05, 0) is 60.7 Å². The van der Waals surface area contributed by atoms with Gasteiger partial charge in [-0.25, -0.2) is 13.9 Å². The first-order valence-electron chi connectivity index (χ1n) is 11.9. The number of aromatic nitrogens is 4. The Morgan fingerprint density at radius 3 is 2.83 bits per heavy atom. The molecule has 1 aromatic carbocycles. The van der Waals surface area contributed by atoms with Crippen molar-refractivity contribution in [1.29, 1.82) is 0 Å². The topological polar surface area (TPSA) is 117 Å². The normalized spacial score (nSPS) is 13.7. The summed E-state index contributed by atoms with van der Waals surface area (Å²) < 4.78 is 26.9. The third kappa shape index (κ3) is 5.07. The molecular formula is C26H27FN6O3. The SMILES string of the molecule is COc1ncc(-c2ccn3nc(N)nc3c2)cc1C(=O)NCc1cc(F)ccc1OCC1CCCC1. The largest absolute Gasteiger partial charge is 0.493 e. The molecule has 1 aliphatic carbocycles. The molecule has 0 atom stereocenters. The molecule has 4 aromatic rings. The number of amides is 1. The van der Waals surface area contributed by atoms with Gasteiger partial charge >= 0.3 is 0 Å². The predicted octanol–water partition coefficient (Wildman–Crippen LogP) is 4.02. The van der Waals surface area contributed by atoms with Gasteiger partial charge in [-0.3, -0.25) is 4.79 Å². The third-order valence-corrected chi connectivity index (χ3v) is 6.39. The Bertz CT molecular complexity index is 1400. The van der Waals surface area contributed by atoms with Gasteiger partial charge < -0.3 is 20.5 Å². The molecular weight excluding hydrogens is 463 g/mol. The number of ether oxygens (including phenoxy) is 2. The fourth-order valence-electron chi connectivity index (χ4n) is 4.50. The maximum Gasteiger partial charge on any atom is 0.257 e. The van der Waals surface area contributed by atoms with Crippen molar-refractivity contribution < 1.29 is 18.7 Å². The number of hydrogen-bond donors (Lipinski definition) is 2. The molecule has 0 bridgehead atoms. The van der Waals surface area contributed by atoms with Crippen molar-refractivity contribution in [3.63, 3.8) is 0 Å². The number of nitrogens with one attached hydrogen (secondary N) is 1. The Labute approximate surface area is 207 Å². The number of nitrogens with two attached hydrogens (primary N) is 1. The van der Waals surface area contributed by atoms with Crippen molar-refractivity contribution in [1.82, 2.24) is 24.9 Å². The van der Waals surface area contributed by atoms with Crippen molar-refractivity contribution >= 4 is 17.5 Å². The van der Waals surface area contributed by atoms with Crippen molar-refractivity contribution in [2.75, 3.05) is 19.5 Å². The summed E-state index contributed by atoms with van der Waals surface area (Å²) in [5.41, 5.74) is 8.54. The molecule has 0 unspecified atom stereocenters. The number of anilines is 1. The number of rotatable bonds is 8. The van der Waals surface area contributed by atoms with E-state index in [4.69, 9.17) is 15.2 Å². The summed E-state index contributed by atoms with van der Waals surface area (Å²) >= 11 is 0. The van der Waals surface area contributed by atoms with Gasteiger partial charge in [-0.2, -0.15) is 4.98 Å². The minimum Gasteiger partial charge on any atom is -0.493 e. The molecule has 0 spiro atoms. The van der Waals surface area contributed by atoms with E-state index < -0.39 is 11.7 Å². The highest BCUT2D eigenvalue weighted by Gasteiger charge is 2.19. The fraction of sp³-hybridized carbons (Fsp3) is 0.308. The van der Waals surface area contributed by atoms with Gasteiger partial charge in [0.15, 0.2) is 5.65 Å². The first-order valence-corrected chi connectivity index (χ1v) is 11.9. The van der Waals surface area contributed by atoms with Crippen LogP contribution in [0.25, 0.3) is 16.8 Å². The second-order valence-electron chi connectivity index (χ2n) is 8.87. The number of benzene rings is 1. The van der Waals surface area contributed by atoms with Gasteiger partial charge in [0, 0.05) is 30.1 Å². The second-order valence-corrected chi connectivity index (χ2v) is 8.87. The Morgan fingerprint density at radius 1 is 1.19 bits per heavy atom. The lowest BCUT2D eigenvalue weighted by atomic mass is 10.1. The molecule has 1 amide bonds. The Morgan fingerprint density at radius 2 is 2.03 bits per heavy atom. The molecule has 10 heteroatoms. The van der Waals surface area contributed by atoms with Crippen LogP contribution in [0, 0.1) is 11.7 Å². The summed E-state index contributed by atoms with van der Waals surface area (Å²) in [5, 5.41) is 6.92. The van der Waals surface area contributed by atoms with Crippen molar-refractivity contribution in [2.45, 2.75) is 32.2 Å². The summed E-state index contributed by atoms with van der Waals surface area (Å²) in [6.07, 6.45) is 8.08. The van der Waals surface area contributed by atoms with Gasteiger partial charge in [0.1, 0.15) is 17.1 Å². The maximum atomic E-state index is 14.0. The van der Waals surface area contributed by atoms with E-state index in [-0.39, 0.29) is 23.9 Å². The predicted molar refractivity (Wildman–Crippen MR) is 132 cm³/mol. The number of pyridine rings is 2. The molecule has 3 aromatic heterocycles. The number of methoxy groups -OCH3 is 1. The van der Waals surface area contributed by atoms with Gasteiger partial charge in [-0.1, -0.05) is 12.8 Å². The van der Waals surface area contributed by atoms with Crippen molar-refractivity contribution in [2.24, 2.45) is 5.92 Å². The van der Waals surface area contributed by atoms with E-state index in [0.29, 0.717) is 35.0 Å². The first-order chi connectivity index (χ1) is 17.5. The molecule has 1 fully saturated rings. The van der Waals surface area contributed by atoms with Crippen LogP contribution in [-0.4, -0.2) is 39.2 Å². The zero-order chi connectivity index (χ0) is 25.1. The third-order valence-electron chi connectivity index (χ3n) is 6.39.